The van der Waals surface area contributed by atoms with E-state index in [1.54, 1.807) is 16.7 Å². The molecule has 0 aromatic heterocycles. The Morgan fingerprint density at radius 3 is 2.75 bits per heavy atom. The number of rotatable bonds is 1. The quantitative estimate of drug-likeness (QED) is 0.550. The molecule has 0 heterocycles. The molecule has 0 nitrogen and oxygen atoms in total. The standard InChI is InChI=1S/C12H17/c1-3-10-8-11-6-4-5-7-12(11)9(10)2/h9H,3-7H2,1-2H3. The van der Waals surface area contributed by atoms with Gasteiger partial charge in [0.05, 0.1) is 0 Å². The molecule has 65 valence electrons. The molecule has 0 aromatic carbocycles. The third-order valence-electron chi connectivity index (χ3n) is 3.25. The van der Waals surface area contributed by atoms with Gasteiger partial charge in [0.25, 0.3) is 0 Å². The first kappa shape index (κ1) is 8.10. The Morgan fingerprint density at radius 1 is 1.33 bits per heavy atom. The van der Waals surface area contributed by atoms with Crippen molar-refractivity contribution in [2.45, 2.75) is 46.0 Å². The van der Waals surface area contributed by atoms with Crippen molar-refractivity contribution < 1.29 is 0 Å². The molecule has 12 heavy (non-hydrogen) atoms. The number of hydrogen-bond donors (Lipinski definition) is 0. The zero-order valence-corrected chi connectivity index (χ0v) is 8.11. The average Bonchev–Trinajstić information content (AvgIpc) is 2.44. The minimum absolute atomic E-state index is 0.727. The van der Waals surface area contributed by atoms with Crippen LogP contribution >= 0.6 is 0 Å². The summed E-state index contributed by atoms with van der Waals surface area (Å²) in [7, 11) is 0. The van der Waals surface area contributed by atoms with Gasteiger partial charge in [-0.1, -0.05) is 25.0 Å². The summed E-state index contributed by atoms with van der Waals surface area (Å²) in [5, 5.41) is 0. The SMILES string of the molecule is CCC1=[C]C2=C(CCCC2)C1C. The molecule has 2 rings (SSSR count). The maximum atomic E-state index is 3.59. The predicted molar refractivity (Wildman–Crippen MR) is 51.7 cm³/mol. The van der Waals surface area contributed by atoms with E-state index in [-0.39, 0.29) is 0 Å². The highest BCUT2D eigenvalue weighted by Gasteiger charge is 2.24. The first-order valence-corrected chi connectivity index (χ1v) is 5.17. The summed E-state index contributed by atoms with van der Waals surface area (Å²) in [5.41, 5.74) is 4.81. The fraction of sp³-hybridized carbons (Fsp3) is 0.667. The molecule has 0 bridgehead atoms. The van der Waals surface area contributed by atoms with Crippen LogP contribution in [0, 0.1) is 12.0 Å². The molecule has 0 saturated heterocycles. The molecule has 0 heteroatoms. The van der Waals surface area contributed by atoms with Crippen LogP contribution in [0.25, 0.3) is 0 Å². The molecule has 0 amide bonds. The summed E-state index contributed by atoms with van der Waals surface area (Å²) >= 11 is 0. The van der Waals surface area contributed by atoms with Gasteiger partial charge in [-0.3, -0.25) is 0 Å². The Labute approximate surface area is 75.4 Å². The third kappa shape index (κ3) is 1.14. The van der Waals surface area contributed by atoms with Crippen LogP contribution in [0.15, 0.2) is 16.7 Å². The van der Waals surface area contributed by atoms with E-state index in [4.69, 9.17) is 0 Å². The van der Waals surface area contributed by atoms with Gasteiger partial charge in [-0.2, -0.15) is 0 Å². The van der Waals surface area contributed by atoms with Crippen LogP contribution in [0.4, 0.5) is 0 Å². The molecule has 0 fully saturated rings. The Hall–Kier alpha value is -0.520. The van der Waals surface area contributed by atoms with Gasteiger partial charge in [-0.15, -0.1) is 0 Å². The van der Waals surface area contributed by atoms with Gasteiger partial charge in [0.1, 0.15) is 0 Å². The second kappa shape index (κ2) is 3.08. The van der Waals surface area contributed by atoms with Crippen molar-refractivity contribution >= 4 is 0 Å². The molecule has 1 atom stereocenters. The molecule has 2 aliphatic carbocycles. The third-order valence-corrected chi connectivity index (χ3v) is 3.25. The molecular weight excluding hydrogens is 144 g/mol. The van der Waals surface area contributed by atoms with Crippen molar-refractivity contribution in [2.24, 2.45) is 5.92 Å². The second-order valence-electron chi connectivity index (χ2n) is 3.94. The van der Waals surface area contributed by atoms with Crippen LogP contribution in [-0.2, 0) is 0 Å². The van der Waals surface area contributed by atoms with E-state index >= 15 is 0 Å². The fourth-order valence-electron chi connectivity index (χ4n) is 2.46. The van der Waals surface area contributed by atoms with Crippen molar-refractivity contribution in [3.8, 4) is 0 Å². The zero-order valence-electron chi connectivity index (χ0n) is 8.11. The maximum Gasteiger partial charge on any atom is -0.000617 e. The molecule has 2 aliphatic rings. The van der Waals surface area contributed by atoms with Gasteiger partial charge < -0.3 is 0 Å². The summed E-state index contributed by atoms with van der Waals surface area (Å²) in [4.78, 5) is 0. The summed E-state index contributed by atoms with van der Waals surface area (Å²) in [6.07, 6.45) is 10.2. The van der Waals surface area contributed by atoms with Crippen molar-refractivity contribution in [1.29, 1.82) is 0 Å². The van der Waals surface area contributed by atoms with Crippen LogP contribution in [-0.4, -0.2) is 0 Å². The molecule has 0 aromatic rings. The molecule has 0 saturated carbocycles. The van der Waals surface area contributed by atoms with E-state index in [9.17, 15) is 0 Å². The van der Waals surface area contributed by atoms with Crippen molar-refractivity contribution in [1.82, 2.24) is 0 Å². The fourth-order valence-corrected chi connectivity index (χ4v) is 2.46. The van der Waals surface area contributed by atoms with E-state index in [1.165, 1.54) is 32.1 Å². The van der Waals surface area contributed by atoms with E-state index < -0.39 is 0 Å². The van der Waals surface area contributed by atoms with Crippen molar-refractivity contribution in [3.05, 3.63) is 22.8 Å². The Morgan fingerprint density at radius 2 is 2.08 bits per heavy atom. The maximum absolute atomic E-state index is 3.59. The molecule has 0 N–H and O–H groups in total. The lowest BCUT2D eigenvalue weighted by Crippen LogP contribution is -2.02. The van der Waals surface area contributed by atoms with Gasteiger partial charge in [-0.05, 0) is 49.7 Å². The van der Waals surface area contributed by atoms with E-state index in [0.717, 1.165) is 5.92 Å². The Kier molecular flexibility index (Phi) is 2.08. The average molecular weight is 161 g/mol. The van der Waals surface area contributed by atoms with Crippen molar-refractivity contribution in [2.75, 3.05) is 0 Å². The van der Waals surface area contributed by atoms with Gasteiger partial charge in [0.15, 0.2) is 0 Å². The monoisotopic (exact) mass is 161 g/mol. The summed E-state index contributed by atoms with van der Waals surface area (Å²) in [6.45, 7) is 4.59. The smallest absolute Gasteiger partial charge is 0.000617 e. The van der Waals surface area contributed by atoms with Gasteiger partial charge in [-0.25, -0.2) is 0 Å². The van der Waals surface area contributed by atoms with E-state index in [1.807, 2.05) is 0 Å². The summed E-state index contributed by atoms with van der Waals surface area (Å²) < 4.78 is 0. The Balaban J connectivity index is 2.24. The van der Waals surface area contributed by atoms with Crippen LogP contribution in [0.5, 0.6) is 0 Å². The molecule has 1 unspecified atom stereocenters. The zero-order chi connectivity index (χ0) is 8.55. The van der Waals surface area contributed by atoms with Crippen LogP contribution in [0.1, 0.15) is 46.0 Å². The van der Waals surface area contributed by atoms with Crippen LogP contribution in [0.3, 0.4) is 0 Å². The number of hydrogen-bond acceptors (Lipinski definition) is 0. The highest BCUT2D eigenvalue weighted by Crippen LogP contribution is 2.40. The summed E-state index contributed by atoms with van der Waals surface area (Å²) in [6, 6.07) is 0. The minimum Gasteiger partial charge on any atom is -0.0616 e. The molecule has 1 radical (unpaired) electrons. The molecule has 0 aliphatic heterocycles. The lowest BCUT2D eigenvalue weighted by molar-refractivity contribution is 0.631. The Bertz CT molecular complexity index is 243. The lowest BCUT2D eigenvalue weighted by atomic mass is 9.87. The second-order valence-corrected chi connectivity index (χ2v) is 3.94. The number of allylic oxidation sites excluding steroid dienone is 4. The minimum atomic E-state index is 0.727. The highest BCUT2D eigenvalue weighted by molar-refractivity contribution is 5.38. The van der Waals surface area contributed by atoms with Crippen LogP contribution in [0.2, 0.25) is 0 Å². The van der Waals surface area contributed by atoms with Gasteiger partial charge in [0.2, 0.25) is 0 Å². The molecule has 0 spiro atoms. The van der Waals surface area contributed by atoms with E-state index in [0.29, 0.717) is 0 Å². The first-order valence-electron chi connectivity index (χ1n) is 5.17. The van der Waals surface area contributed by atoms with Crippen molar-refractivity contribution in [3.63, 3.8) is 0 Å². The normalized spacial score (nSPS) is 28.8. The van der Waals surface area contributed by atoms with Crippen LogP contribution < -0.4 is 0 Å². The summed E-state index contributed by atoms with van der Waals surface area (Å²) in [5.74, 6) is 0.727. The van der Waals surface area contributed by atoms with Gasteiger partial charge >= 0.3 is 0 Å². The molecular formula is C12H17. The van der Waals surface area contributed by atoms with Gasteiger partial charge in [0, 0.05) is 0 Å². The highest BCUT2D eigenvalue weighted by atomic mass is 14.3. The topological polar surface area (TPSA) is 0 Å². The van der Waals surface area contributed by atoms with E-state index in [2.05, 4.69) is 19.9 Å². The predicted octanol–water partition coefficient (Wildman–Crippen LogP) is 3.65. The largest absolute Gasteiger partial charge is 0.0616 e. The lowest BCUT2D eigenvalue weighted by Gasteiger charge is -2.17. The first-order chi connectivity index (χ1) is 5.83.